The van der Waals surface area contributed by atoms with E-state index in [0.29, 0.717) is 30.1 Å². The Labute approximate surface area is 596 Å². The minimum Gasteiger partial charge on any atom is -0.394 e. The number of hydrogen-bond acceptors (Lipinski definition) is 20. The maximum Gasteiger partial charge on any atom is 0.164 e. The number of hydrogen-bond donors (Lipinski definition) is 3. The zero-order chi connectivity index (χ0) is 72.5. The highest BCUT2D eigenvalue weighted by atomic mass is 16.8. The van der Waals surface area contributed by atoms with Gasteiger partial charge >= 0.3 is 0 Å². The predicted molar refractivity (Wildman–Crippen MR) is 373 cm³/mol. The summed E-state index contributed by atoms with van der Waals surface area (Å²) in [5, 5.41) is 34.1. The lowest BCUT2D eigenvalue weighted by Gasteiger charge is -2.52. The lowest BCUT2D eigenvalue weighted by Crippen LogP contribution is -2.61. The highest BCUT2D eigenvalue weighted by Gasteiger charge is 2.72. The highest BCUT2D eigenvalue weighted by Crippen LogP contribution is 2.64. The Hall–Kier alpha value is -0.800. The van der Waals surface area contributed by atoms with Crippen molar-refractivity contribution in [3.8, 4) is 0 Å². The lowest BCUT2D eigenvalue weighted by atomic mass is 9.78. The molecule has 3 N–H and O–H groups in total. The summed E-state index contributed by atoms with van der Waals surface area (Å²) in [6.45, 7) is 55.9. The van der Waals surface area contributed by atoms with Gasteiger partial charge in [0.15, 0.2) is 50.3 Å². The van der Waals surface area contributed by atoms with Crippen LogP contribution in [0.15, 0.2) is 0 Å². The molecule has 10 aliphatic rings. The van der Waals surface area contributed by atoms with Gasteiger partial charge in [-0.2, -0.15) is 0 Å². The minimum atomic E-state index is -1.04. The molecule has 9 aliphatic heterocycles. The number of fused-ring (bicyclic) bond motifs is 1. The van der Waals surface area contributed by atoms with Crippen molar-refractivity contribution in [1.29, 1.82) is 0 Å². The van der Waals surface area contributed by atoms with Gasteiger partial charge in [-0.25, -0.2) is 0 Å². The third-order valence-electron chi connectivity index (χ3n) is 28.4. The molecule has 0 aromatic heterocycles. The van der Waals surface area contributed by atoms with Crippen LogP contribution in [0.3, 0.4) is 0 Å². The van der Waals surface area contributed by atoms with Gasteiger partial charge in [-0.15, -0.1) is 0 Å². The first-order chi connectivity index (χ1) is 46.8. The summed E-state index contributed by atoms with van der Waals surface area (Å²) in [5.41, 5.74) is -0.605. The van der Waals surface area contributed by atoms with Gasteiger partial charge in [0.05, 0.1) is 110 Å². The van der Waals surface area contributed by atoms with Crippen LogP contribution < -0.4 is 0 Å². The van der Waals surface area contributed by atoms with Crippen LogP contribution >= 0.6 is 0 Å². The Bertz CT molecular complexity index is 2490. The largest absolute Gasteiger partial charge is 0.394 e. The van der Waals surface area contributed by atoms with Crippen molar-refractivity contribution in [1.82, 2.24) is 0 Å². The summed E-state index contributed by atoms with van der Waals surface area (Å²) in [4.78, 5) is 0. The molecule has 0 amide bonds. The maximum atomic E-state index is 12.1. The average molecular weight is 1410 g/mol. The molecule has 46 atom stereocenters. The molecule has 10 rings (SSSR count). The van der Waals surface area contributed by atoms with E-state index in [4.69, 9.17) is 80.5 Å². The summed E-state index contributed by atoms with van der Waals surface area (Å²) in [6, 6.07) is 0. The molecular formula is C79H140O20. The van der Waals surface area contributed by atoms with Crippen molar-refractivity contribution < 1.29 is 95.8 Å². The van der Waals surface area contributed by atoms with E-state index in [-0.39, 0.29) is 169 Å². The third-order valence-corrected chi connectivity index (χ3v) is 28.4. The van der Waals surface area contributed by atoms with E-state index in [2.05, 4.69) is 166 Å². The predicted octanol–water partition coefficient (Wildman–Crippen LogP) is 12.5. The van der Waals surface area contributed by atoms with Gasteiger partial charge in [0.25, 0.3) is 0 Å². The van der Waals surface area contributed by atoms with Crippen LogP contribution in [0.4, 0.5) is 0 Å². The van der Waals surface area contributed by atoms with Crippen molar-refractivity contribution in [3.05, 3.63) is 0 Å². The zero-order valence-electron chi connectivity index (χ0n) is 65.7. The quantitative estimate of drug-likeness (QED) is 0.0866. The van der Waals surface area contributed by atoms with Crippen LogP contribution in [0.1, 0.15) is 212 Å². The standard InChI is InChI=1S/C79H140O20/c1-27-54-36(8)34(6)43(15)72(86-54)93-66-39(11)45(17)73(87-56(66)29-3)94-67-40(12)46(18)74(88-57(67)30-4)95-68-41(13)47(19)75(89-58(68)31-5)97-69-42(14)48(20)76(90-59(69)32-80)92-64-38(10)44(16)71(85-53(64)25)98-70-60(33-81)91-78(50(22)63(70)82)99-79(26)61-49(21)77(84-52(24)62(61)79)96-65-37(9)35(7)51(23)83-55(65)28-2/h34-78,80-82H,27-33H2,1-26H3/t34?,35?,36-,37?,38?,39?,40+,41+,42?,43?,44?,45?,46+,47?,48?,49?,50?,51+,52?,53?,54?,55?,56?,57?,58?,59?,60?,61+,62+,63+,64-,65-,66-,67+,68+,69-,70-,71+,72+,73+,74?,75-,76+,77+,78-,79?/m0/s1. The van der Waals surface area contributed by atoms with E-state index in [1.807, 2.05) is 13.8 Å². The third kappa shape index (κ3) is 15.8. The SMILES string of the molecule is CCC1O[C@H](O[C@@H]2C(CC)O[C@H](O[C@H]3C(CC)OC(O[C@H]4C(CC)O[C@@H](O[C@@H]5C(CO)O[C@H](O[C@@H]6C(C)O[C@H](O[C@H]7C(CO)O[C@@H](OC8(C)[C@@H]9C(C)O[C@H](O[C@@H]%10C(CC)O[C@H](C)C(C)C%10C)C(C)[C@H]98)C(C)[C@H]7O)C(C)C6C)C(C)C5C)C(C)[C@H]4C)[C@H](C)[C@H]3C)C(C)C2C)C(C)C(C)[C@@H]1C. The number of rotatable bonds is 23. The van der Waals surface area contributed by atoms with Gasteiger partial charge in [0.2, 0.25) is 0 Å². The molecule has 0 bridgehead atoms. The van der Waals surface area contributed by atoms with Gasteiger partial charge in [-0.3, -0.25) is 0 Å². The first kappa shape index (κ1) is 80.7. The van der Waals surface area contributed by atoms with Crippen LogP contribution in [0.2, 0.25) is 0 Å². The van der Waals surface area contributed by atoms with Gasteiger partial charge in [0.1, 0.15) is 18.3 Å². The summed E-state index contributed by atoms with van der Waals surface area (Å²) in [7, 11) is 0. The maximum absolute atomic E-state index is 12.1. The van der Waals surface area contributed by atoms with E-state index >= 15 is 0 Å². The van der Waals surface area contributed by atoms with E-state index in [1.54, 1.807) is 0 Å². The molecule has 0 radical (unpaired) electrons. The van der Waals surface area contributed by atoms with Crippen molar-refractivity contribution >= 4 is 0 Å². The Balaban J connectivity index is 0.705. The summed E-state index contributed by atoms with van der Waals surface area (Å²) < 4.78 is 117. The first-order valence-corrected chi connectivity index (χ1v) is 39.9. The van der Waals surface area contributed by atoms with Gasteiger partial charge in [0, 0.05) is 59.2 Å². The average Bonchev–Trinajstić information content (AvgIpc) is 1.53. The van der Waals surface area contributed by atoms with Crippen molar-refractivity contribution in [2.45, 2.75) is 378 Å². The van der Waals surface area contributed by atoms with Gasteiger partial charge in [-0.05, 0) is 113 Å². The topological polar surface area (TPSA) is 218 Å². The second kappa shape index (κ2) is 33.4. The zero-order valence-corrected chi connectivity index (χ0v) is 65.7. The molecule has 9 heterocycles. The number of ether oxygens (including phenoxy) is 17. The first-order valence-electron chi connectivity index (χ1n) is 39.9. The molecular weight excluding hydrogens is 1270 g/mol. The highest BCUT2D eigenvalue weighted by molar-refractivity contribution is 5.18. The molecule has 99 heavy (non-hydrogen) atoms. The molecule has 9 saturated heterocycles. The monoisotopic (exact) mass is 1410 g/mol. The molecule has 1 aliphatic carbocycles. The summed E-state index contributed by atoms with van der Waals surface area (Å²) in [5.74, 6) is 1.46. The Morgan fingerprint density at radius 3 is 0.960 bits per heavy atom. The van der Waals surface area contributed by atoms with Crippen LogP contribution in [-0.2, 0) is 80.5 Å². The fraction of sp³-hybridized carbons (Fsp3) is 1.00. The second-order valence-corrected chi connectivity index (χ2v) is 34.1. The van der Waals surface area contributed by atoms with Crippen molar-refractivity contribution in [2.75, 3.05) is 13.2 Å². The Morgan fingerprint density at radius 2 is 0.545 bits per heavy atom. The number of aliphatic hydroxyl groups excluding tert-OH is 3. The molecule has 20 nitrogen and oxygen atoms in total. The fourth-order valence-electron chi connectivity index (χ4n) is 19.5. The Kier molecular flexibility index (Phi) is 27.2. The molecule has 576 valence electrons. The molecule has 0 aromatic rings. The van der Waals surface area contributed by atoms with Crippen LogP contribution in [0.5, 0.6) is 0 Å². The molecule has 20 heteroatoms. The van der Waals surface area contributed by atoms with E-state index < -0.39 is 98.3 Å². The molecule has 0 spiro atoms. The second-order valence-electron chi connectivity index (χ2n) is 34.1. The Morgan fingerprint density at radius 1 is 0.253 bits per heavy atom. The smallest absolute Gasteiger partial charge is 0.164 e. The van der Waals surface area contributed by atoms with Crippen molar-refractivity contribution in [2.24, 2.45) is 112 Å². The van der Waals surface area contributed by atoms with Crippen LogP contribution in [0.25, 0.3) is 0 Å². The van der Waals surface area contributed by atoms with E-state index in [9.17, 15) is 15.3 Å². The lowest BCUT2D eigenvalue weighted by molar-refractivity contribution is -0.372. The molecule has 24 unspecified atom stereocenters. The normalized spacial score (nSPS) is 55.9. The van der Waals surface area contributed by atoms with Crippen LogP contribution in [-0.4, -0.2) is 194 Å². The number of aliphatic hydroxyl groups is 3. The molecule has 0 aromatic carbocycles. The minimum absolute atomic E-state index is 0.00598. The summed E-state index contributed by atoms with van der Waals surface area (Å²) >= 11 is 0. The van der Waals surface area contributed by atoms with Crippen LogP contribution in [0, 0.1) is 112 Å². The van der Waals surface area contributed by atoms with Gasteiger partial charge < -0.3 is 95.8 Å². The fourth-order valence-corrected chi connectivity index (χ4v) is 19.5. The van der Waals surface area contributed by atoms with E-state index in [1.165, 1.54) is 0 Å². The molecule has 1 saturated carbocycles. The van der Waals surface area contributed by atoms with E-state index in [0.717, 1.165) is 25.7 Å². The van der Waals surface area contributed by atoms with Gasteiger partial charge in [-0.1, -0.05) is 152 Å². The molecule has 10 fully saturated rings. The summed E-state index contributed by atoms with van der Waals surface area (Å²) in [6.07, 6.45) is -6.23. The van der Waals surface area contributed by atoms with Crippen molar-refractivity contribution in [3.63, 3.8) is 0 Å².